The van der Waals surface area contributed by atoms with E-state index in [2.05, 4.69) is 32.1 Å². The van der Waals surface area contributed by atoms with Crippen LogP contribution in [0.3, 0.4) is 0 Å². The van der Waals surface area contributed by atoms with E-state index in [-0.39, 0.29) is 56.0 Å². The smallest absolute Gasteiger partial charge is 0.346 e. The molecule has 0 aliphatic heterocycles. The summed E-state index contributed by atoms with van der Waals surface area (Å²) in [5.74, 6) is -5.54. The van der Waals surface area contributed by atoms with Crippen LogP contribution < -0.4 is 10.0 Å². The van der Waals surface area contributed by atoms with Crippen LogP contribution >= 0.6 is 11.6 Å². The number of carbonyl (C=O) groups is 1. The van der Waals surface area contributed by atoms with Crippen molar-refractivity contribution in [3.63, 3.8) is 0 Å². The van der Waals surface area contributed by atoms with Crippen LogP contribution in [0.5, 0.6) is 0 Å². The maximum Gasteiger partial charge on any atom is 0.435 e. The fourth-order valence-electron chi connectivity index (χ4n) is 8.57. The lowest BCUT2D eigenvalue weighted by Gasteiger charge is -2.26. The Balaban J connectivity index is 1.53. The fourth-order valence-corrected chi connectivity index (χ4v) is 9.54. The Kier molecular flexibility index (Phi) is 12.8. The quantitative estimate of drug-likeness (QED) is 0.0982. The minimum atomic E-state index is -5.23. The summed E-state index contributed by atoms with van der Waals surface area (Å²) in [5, 5.41) is 9.30. The monoisotopic (exact) mass is 1020 g/mol. The third-order valence-electron chi connectivity index (χ3n) is 12.1. The third kappa shape index (κ3) is 9.74. The number of halogens is 11. The van der Waals surface area contributed by atoms with E-state index in [1.807, 2.05) is 0 Å². The first-order chi connectivity index (χ1) is 31.2. The molecule has 2 aliphatic rings. The molecule has 68 heavy (non-hydrogen) atoms. The van der Waals surface area contributed by atoms with Crippen LogP contribution in [0.25, 0.3) is 22.0 Å². The van der Waals surface area contributed by atoms with Crippen molar-refractivity contribution in [2.24, 2.45) is 5.92 Å². The van der Waals surface area contributed by atoms with Crippen LogP contribution in [0.15, 0.2) is 30.3 Å². The lowest BCUT2D eigenvalue weighted by molar-refractivity contribution is -0.143. The number of benzene rings is 2. The van der Waals surface area contributed by atoms with Crippen molar-refractivity contribution >= 4 is 54.1 Å². The first kappa shape index (κ1) is 50.5. The molecule has 7 rings (SSSR count). The highest BCUT2D eigenvalue weighted by atomic mass is 35.5. The summed E-state index contributed by atoms with van der Waals surface area (Å²) in [6.45, 7) is 1.73. The third-order valence-corrected chi connectivity index (χ3v) is 14.9. The van der Waals surface area contributed by atoms with E-state index in [1.165, 1.54) is 26.0 Å². The second-order valence-electron chi connectivity index (χ2n) is 17.4. The van der Waals surface area contributed by atoms with Gasteiger partial charge in [-0.15, -0.1) is 0 Å². The van der Waals surface area contributed by atoms with Gasteiger partial charge in [0, 0.05) is 34.9 Å². The molecule has 0 saturated carbocycles. The van der Waals surface area contributed by atoms with Crippen LogP contribution in [-0.2, 0) is 69.1 Å². The standard InChI is InChI=1S/C43H40ClF10N7O5S2/c1-20-21(2)42(50,51)38-32(20)37(43(52,53)54)57-60(38)18-31(62)55-30(16-22-14-23(45)17-24(46)15-22)35-33(26-9-7-8-25(26)29(56-35)12-13-40(3,4)67(5,63)64)27-10-11-28(44)34-36(27)61(19-41(47,48)49)58-39(34)59-68(6,65)66/h10-11,14-15,17,20-21,30H,7-9,16,18-19H2,1-6H3,(H,55,62)(H,58,59)/t20-,21+,30+/m0/s1. The second-order valence-corrected chi connectivity index (χ2v) is 22.2. The molecule has 2 aliphatic carbocycles. The molecule has 0 bridgehead atoms. The highest BCUT2D eigenvalue weighted by Gasteiger charge is 2.57. The van der Waals surface area contributed by atoms with Gasteiger partial charge in [-0.05, 0) is 86.3 Å². The average Bonchev–Trinajstić information content (AvgIpc) is 3.94. The molecule has 3 heterocycles. The van der Waals surface area contributed by atoms with E-state index in [1.54, 1.807) is 0 Å². The molecule has 0 spiro atoms. The molecule has 0 radical (unpaired) electrons. The Hall–Kier alpha value is -5.41. The van der Waals surface area contributed by atoms with Gasteiger partial charge in [0.15, 0.2) is 21.3 Å². The first-order valence-electron chi connectivity index (χ1n) is 20.5. The number of amides is 1. The van der Waals surface area contributed by atoms with Gasteiger partial charge in [-0.1, -0.05) is 37.4 Å². The van der Waals surface area contributed by atoms with Gasteiger partial charge in [0.2, 0.25) is 15.9 Å². The number of sulfone groups is 1. The number of aromatic nitrogens is 5. The number of pyridine rings is 1. The Morgan fingerprint density at radius 3 is 2.18 bits per heavy atom. The first-order valence-corrected chi connectivity index (χ1v) is 24.7. The zero-order valence-electron chi connectivity index (χ0n) is 36.6. The molecule has 0 unspecified atom stereocenters. The normalized spacial score (nSPS) is 17.7. The summed E-state index contributed by atoms with van der Waals surface area (Å²) in [6, 6.07) is 3.04. The van der Waals surface area contributed by atoms with Gasteiger partial charge < -0.3 is 5.32 Å². The second kappa shape index (κ2) is 17.2. The number of rotatable bonds is 11. The highest BCUT2D eigenvalue weighted by Crippen LogP contribution is 2.55. The number of nitrogens with one attached hydrogen (secondary N) is 2. The Labute approximate surface area is 387 Å². The van der Waals surface area contributed by atoms with Gasteiger partial charge in [0.05, 0.1) is 33.9 Å². The minimum absolute atomic E-state index is 0.0444. The molecule has 1 amide bonds. The summed E-state index contributed by atoms with van der Waals surface area (Å²) >= 11 is 6.58. The van der Waals surface area contributed by atoms with E-state index in [4.69, 9.17) is 16.6 Å². The molecule has 366 valence electrons. The van der Waals surface area contributed by atoms with Crippen molar-refractivity contribution in [2.45, 2.75) is 101 Å². The summed E-state index contributed by atoms with van der Waals surface area (Å²) in [5.41, 5.74) is -4.09. The van der Waals surface area contributed by atoms with Gasteiger partial charge in [-0.3, -0.25) is 18.9 Å². The Bertz CT molecular complexity index is 3170. The number of anilines is 1. The SMILES string of the molecule is C[C@@H]1c2c(C(F)(F)F)nn(CC(=O)N[C@H](Cc3cc(F)cc(F)c3)c3nc(C#CC(C)(C)S(C)(=O)=O)c4c(c3-c3ccc(Cl)c5c(NS(C)(=O)=O)nn(CC(F)(F)F)c35)CCC4)c2C(F)(F)[C@@H]1C. The van der Waals surface area contributed by atoms with Gasteiger partial charge >= 0.3 is 12.4 Å². The summed E-state index contributed by atoms with van der Waals surface area (Å²) in [7, 11) is -8.09. The van der Waals surface area contributed by atoms with Crippen LogP contribution in [0.4, 0.5) is 49.7 Å². The van der Waals surface area contributed by atoms with E-state index in [0.29, 0.717) is 34.6 Å². The molecule has 3 aromatic heterocycles. The Morgan fingerprint density at radius 2 is 1.59 bits per heavy atom. The van der Waals surface area contributed by atoms with Gasteiger partial charge in [0.1, 0.15) is 40.9 Å². The molecule has 12 nitrogen and oxygen atoms in total. The number of carbonyl (C=O) groups excluding carboxylic acids is 1. The maximum absolute atomic E-state index is 15.8. The van der Waals surface area contributed by atoms with Crippen molar-refractivity contribution < 1.29 is 65.5 Å². The minimum Gasteiger partial charge on any atom is -0.346 e. The predicted molar refractivity (Wildman–Crippen MR) is 230 cm³/mol. The van der Waals surface area contributed by atoms with Gasteiger partial charge in [-0.2, -0.15) is 45.3 Å². The maximum atomic E-state index is 15.8. The van der Waals surface area contributed by atoms with E-state index >= 15 is 8.78 Å². The lowest BCUT2D eigenvalue weighted by atomic mass is 9.88. The van der Waals surface area contributed by atoms with E-state index in [9.17, 15) is 56.8 Å². The molecular formula is C43H40ClF10N7O5S2. The van der Waals surface area contributed by atoms with Crippen LogP contribution in [0.1, 0.15) is 91.1 Å². The van der Waals surface area contributed by atoms with Crippen molar-refractivity contribution in [1.29, 1.82) is 0 Å². The van der Waals surface area contributed by atoms with E-state index < -0.39 is 126 Å². The van der Waals surface area contributed by atoms with Crippen molar-refractivity contribution in [1.82, 2.24) is 29.9 Å². The summed E-state index contributed by atoms with van der Waals surface area (Å²) in [4.78, 5) is 19.1. The Morgan fingerprint density at radius 1 is 0.956 bits per heavy atom. The van der Waals surface area contributed by atoms with Crippen molar-refractivity contribution in [3.05, 3.63) is 92.0 Å². The number of hydrogen-bond acceptors (Lipinski definition) is 8. The average molecular weight is 1020 g/mol. The molecule has 3 atom stereocenters. The lowest BCUT2D eigenvalue weighted by Crippen LogP contribution is -2.35. The van der Waals surface area contributed by atoms with Crippen LogP contribution in [0.2, 0.25) is 5.02 Å². The van der Waals surface area contributed by atoms with Crippen molar-refractivity contribution in [2.75, 3.05) is 17.2 Å². The number of sulfonamides is 1. The van der Waals surface area contributed by atoms with Crippen LogP contribution in [-0.4, -0.2) is 70.7 Å². The molecule has 0 fully saturated rings. The molecule has 0 saturated heterocycles. The van der Waals surface area contributed by atoms with Gasteiger partial charge in [-0.25, -0.2) is 30.6 Å². The topological polar surface area (TPSA) is 158 Å². The largest absolute Gasteiger partial charge is 0.435 e. The number of hydrogen-bond donors (Lipinski definition) is 2. The number of fused-ring (bicyclic) bond motifs is 3. The number of alkyl halides is 8. The van der Waals surface area contributed by atoms with Crippen molar-refractivity contribution in [3.8, 4) is 23.0 Å². The molecule has 5 aromatic rings. The van der Waals surface area contributed by atoms with Gasteiger partial charge in [0.25, 0.3) is 5.92 Å². The fraction of sp³-hybridized carbons (Fsp3) is 0.442. The zero-order valence-corrected chi connectivity index (χ0v) is 39.0. The molecule has 25 heteroatoms. The molecular weight excluding hydrogens is 984 g/mol. The molecule has 2 N–H and O–H groups in total. The summed E-state index contributed by atoms with van der Waals surface area (Å²) < 4.78 is 199. The van der Waals surface area contributed by atoms with Crippen LogP contribution in [0, 0.1) is 29.4 Å². The summed E-state index contributed by atoms with van der Waals surface area (Å²) in [6.07, 6.45) is -8.52. The van der Waals surface area contributed by atoms with E-state index in [0.717, 1.165) is 32.2 Å². The zero-order chi connectivity index (χ0) is 50.4. The predicted octanol–water partition coefficient (Wildman–Crippen LogP) is 8.79. The highest BCUT2D eigenvalue weighted by molar-refractivity contribution is 7.92. The molecule has 2 aromatic carbocycles. The number of nitrogens with zero attached hydrogens (tertiary/aromatic N) is 5.